The SMILES string of the molecule is O=C1CC[C@](CN(S(=O)(=O)c2ccccc2)S(=O)(=O)c2ccccc2)(c2ccccc2)O1. The van der Waals surface area contributed by atoms with Crippen LogP contribution in [0, 0.1) is 0 Å². The number of hydrogen-bond donors (Lipinski definition) is 0. The van der Waals surface area contributed by atoms with E-state index >= 15 is 0 Å². The van der Waals surface area contributed by atoms with E-state index in [1.807, 2.05) is 0 Å². The number of carbonyl (C=O) groups is 1. The molecule has 0 radical (unpaired) electrons. The van der Waals surface area contributed by atoms with Gasteiger partial charge in [0, 0.05) is 12.8 Å². The molecule has 7 nitrogen and oxygen atoms in total. The van der Waals surface area contributed by atoms with Gasteiger partial charge < -0.3 is 4.74 Å². The van der Waals surface area contributed by atoms with E-state index in [1.165, 1.54) is 48.5 Å². The molecule has 0 N–H and O–H groups in total. The number of nitrogens with zero attached hydrogens (tertiary/aromatic N) is 1. The number of hydrogen-bond acceptors (Lipinski definition) is 6. The highest BCUT2D eigenvalue weighted by Crippen LogP contribution is 2.40. The van der Waals surface area contributed by atoms with Crippen LogP contribution in [0.15, 0.2) is 101 Å². The van der Waals surface area contributed by atoms with Crippen LogP contribution < -0.4 is 0 Å². The summed E-state index contributed by atoms with van der Waals surface area (Å²) in [5.41, 5.74) is -0.899. The average Bonchev–Trinajstić information content (AvgIpc) is 3.21. The minimum Gasteiger partial charge on any atom is -0.453 e. The minimum absolute atomic E-state index is 0.0551. The lowest BCUT2D eigenvalue weighted by Crippen LogP contribution is -2.46. The molecule has 32 heavy (non-hydrogen) atoms. The summed E-state index contributed by atoms with van der Waals surface area (Å²) in [7, 11) is -9.01. The molecule has 3 aromatic carbocycles. The first-order valence-electron chi connectivity index (χ1n) is 9.91. The van der Waals surface area contributed by atoms with Gasteiger partial charge in [0.25, 0.3) is 20.0 Å². The highest BCUT2D eigenvalue weighted by atomic mass is 32.3. The quantitative estimate of drug-likeness (QED) is 0.491. The maximum absolute atomic E-state index is 13.6. The minimum atomic E-state index is -4.50. The fourth-order valence-corrected chi connectivity index (χ4v) is 7.48. The summed E-state index contributed by atoms with van der Waals surface area (Å²) >= 11 is 0. The van der Waals surface area contributed by atoms with Gasteiger partial charge in [0.05, 0.1) is 16.3 Å². The van der Waals surface area contributed by atoms with E-state index in [1.54, 1.807) is 42.5 Å². The molecule has 0 amide bonds. The second kappa shape index (κ2) is 8.50. The zero-order valence-electron chi connectivity index (χ0n) is 17.0. The van der Waals surface area contributed by atoms with Crippen molar-refractivity contribution in [3.05, 3.63) is 96.6 Å². The Hall–Kier alpha value is -3.01. The number of benzene rings is 3. The molecule has 1 fully saturated rings. The number of esters is 1. The van der Waals surface area contributed by atoms with Gasteiger partial charge in [0.1, 0.15) is 0 Å². The Morgan fingerprint density at radius 1 is 0.719 bits per heavy atom. The Balaban J connectivity index is 1.89. The van der Waals surface area contributed by atoms with E-state index in [0.717, 1.165) is 0 Å². The van der Waals surface area contributed by atoms with Gasteiger partial charge in [0.2, 0.25) is 0 Å². The highest BCUT2D eigenvalue weighted by molar-refractivity contribution is 8.04. The lowest BCUT2D eigenvalue weighted by Gasteiger charge is -2.33. The molecular weight excluding hydrogens is 450 g/mol. The number of sulfonamides is 2. The topological polar surface area (TPSA) is 97.8 Å². The van der Waals surface area contributed by atoms with Crippen LogP contribution in [0.3, 0.4) is 0 Å². The second-order valence-corrected chi connectivity index (χ2v) is 11.4. The largest absolute Gasteiger partial charge is 0.453 e. The number of cyclic esters (lactones) is 1. The van der Waals surface area contributed by atoms with Crippen LogP contribution in [0.1, 0.15) is 18.4 Å². The van der Waals surface area contributed by atoms with Crippen molar-refractivity contribution in [2.75, 3.05) is 6.54 Å². The Kier molecular flexibility index (Phi) is 5.89. The van der Waals surface area contributed by atoms with Crippen molar-refractivity contribution in [1.29, 1.82) is 0 Å². The van der Waals surface area contributed by atoms with Crippen LogP contribution in [0.5, 0.6) is 0 Å². The molecule has 1 atom stereocenters. The van der Waals surface area contributed by atoms with Crippen molar-refractivity contribution < 1.29 is 26.4 Å². The van der Waals surface area contributed by atoms with Crippen LogP contribution in [-0.2, 0) is 35.2 Å². The third-order valence-corrected chi connectivity index (χ3v) is 9.59. The van der Waals surface area contributed by atoms with Crippen molar-refractivity contribution in [2.24, 2.45) is 0 Å². The number of carbonyl (C=O) groups excluding carboxylic acids is 1. The van der Waals surface area contributed by atoms with Crippen molar-refractivity contribution in [3.63, 3.8) is 0 Å². The van der Waals surface area contributed by atoms with E-state index in [2.05, 4.69) is 0 Å². The fraction of sp³-hybridized carbons (Fsp3) is 0.174. The Labute approximate surface area is 187 Å². The van der Waals surface area contributed by atoms with Gasteiger partial charge in [-0.15, -0.1) is 0 Å². The molecule has 3 aromatic rings. The third kappa shape index (κ3) is 4.06. The summed E-state index contributed by atoms with van der Waals surface area (Å²) in [6.07, 6.45) is 0.209. The van der Waals surface area contributed by atoms with Gasteiger partial charge in [-0.1, -0.05) is 70.4 Å². The Morgan fingerprint density at radius 3 is 1.56 bits per heavy atom. The first kappa shape index (κ1) is 22.2. The van der Waals surface area contributed by atoms with Gasteiger partial charge in [0.15, 0.2) is 5.60 Å². The molecule has 1 heterocycles. The lowest BCUT2D eigenvalue weighted by atomic mass is 9.91. The smallest absolute Gasteiger partial charge is 0.306 e. The van der Waals surface area contributed by atoms with Gasteiger partial charge in [-0.05, 0) is 29.8 Å². The van der Waals surface area contributed by atoms with Crippen LogP contribution >= 0.6 is 0 Å². The number of ether oxygens (including phenoxy) is 1. The van der Waals surface area contributed by atoms with Crippen LogP contribution in [-0.4, -0.2) is 33.1 Å². The van der Waals surface area contributed by atoms with E-state index in [-0.39, 0.29) is 22.6 Å². The molecule has 0 unspecified atom stereocenters. The summed E-state index contributed by atoms with van der Waals surface area (Å²) < 4.78 is 60.5. The normalized spacial score (nSPS) is 19.1. The molecule has 0 aromatic heterocycles. The second-order valence-electron chi connectivity index (χ2n) is 7.40. The van der Waals surface area contributed by atoms with E-state index in [4.69, 9.17) is 4.74 Å². The van der Waals surface area contributed by atoms with Crippen LogP contribution in [0.25, 0.3) is 0 Å². The van der Waals surface area contributed by atoms with Crippen LogP contribution in [0.4, 0.5) is 0 Å². The van der Waals surface area contributed by atoms with E-state index < -0.39 is 38.2 Å². The summed E-state index contributed by atoms with van der Waals surface area (Å²) in [6.45, 7) is -0.572. The van der Waals surface area contributed by atoms with Crippen molar-refractivity contribution in [3.8, 4) is 0 Å². The molecule has 0 saturated carbocycles. The Bertz CT molecular complexity index is 1240. The molecule has 0 aliphatic carbocycles. The highest BCUT2D eigenvalue weighted by Gasteiger charge is 2.49. The first-order valence-corrected chi connectivity index (χ1v) is 12.8. The summed E-state index contributed by atoms with van der Waals surface area (Å²) in [5.74, 6) is -0.511. The summed E-state index contributed by atoms with van der Waals surface area (Å²) in [5, 5.41) is 0. The fourth-order valence-electron chi connectivity index (χ4n) is 3.70. The monoisotopic (exact) mass is 471 g/mol. The number of rotatable bonds is 7. The molecule has 1 aliphatic heterocycles. The molecule has 0 bridgehead atoms. The molecule has 1 saturated heterocycles. The standard InChI is InChI=1S/C23H21NO6S2/c25-22-16-17-23(30-22,19-10-4-1-5-11-19)18-24(31(26,27)20-12-6-2-7-13-20)32(28,29)21-14-8-3-9-15-21/h1-15H,16-18H2/t23-/m0/s1. The summed E-state index contributed by atoms with van der Waals surface area (Å²) in [6, 6.07) is 23.3. The van der Waals surface area contributed by atoms with Gasteiger partial charge in [-0.2, -0.15) is 0 Å². The predicted molar refractivity (Wildman–Crippen MR) is 117 cm³/mol. The van der Waals surface area contributed by atoms with Crippen LogP contribution in [0.2, 0.25) is 0 Å². The Morgan fingerprint density at radius 2 is 1.16 bits per heavy atom. The van der Waals surface area contributed by atoms with Gasteiger partial charge in [-0.25, -0.2) is 16.8 Å². The maximum atomic E-state index is 13.6. The van der Waals surface area contributed by atoms with Gasteiger partial charge in [-0.3, -0.25) is 4.79 Å². The lowest BCUT2D eigenvalue weighted by molar-refractivity contribution is -0.149. The predicted octanol–water partition coefficient (Wildman–Crippen LogP) is 3.30. The van der Waals surface area contributed by atoms with E-state index in [9.17, 15) is 21.6 Å². The molecule has 9 heteroatoms. The molecule has 4 rings (SSSR count). The first-order chi connectivity index (χ1) is 15.3. The van der Waals surface area contributed by atoms with Crippen molar-refractivity contribution in [1.82, 2.24) is 3.71 Å². The maximum Gasteiger partial charge on any atom is 0.306 e. The zero-order chi connectivity index (χ0) is 22.8. The third-order valence-electron chi connectivity index (χ3n) is 5.34. The molecule has 1 aliphatic rings. The molecular formula is C23H21NO6S2. The molecule has 0 spiro atoms. The average molecular weight is 472 g/mol. The summed E-state index contributed by atoms with van der Waals surface area (Å²) in [4.78, 5) is 11.8. The molecule has 166 valence electrons. The van der Waals surface area contributed by atoms with Crippen molar-refractivity contribution >= 4 is 26.0 Å². The van der Waals surface area contributed by atoms with Gasteiger partial charge >= 0.3 is 5.97 Å². The zero-order valence-corrected chi connectivity index (χ0v) is 18.6. The van der Waals surface area contributed by atoms with E-state index in [0.29, 0.717) is 9.27 Å². The van der Waals surface area contributed by atoms with Crippen molar-refractivity contribution in [2.45, 2.75) is 28.2 Å².